The lowest BCUT2D eigenvalue weighted by Crippen LogP contribution is -2.49. The standard InChI is InChI=1S/C37H59N3O11S2Si/c1-21(30(24(4)34(42)38(8)50-13)51-54(14,15)37(5,6)7)18-22(2)31(47-10)29(41)28(35(43)39-16-17-53-36(39)52)23(3)32(48-11)26-19-25(46-9)20-27(40(44)45)33(26)49-12/h18-20,22-24,28,30-32H,16-17H2,1-15H3/b21-18+/t22-,23-,24+,28?,30-,31+,32+/m0/s1. The van der Waals surface area contributed by atoms with E-state index < -0.39 is 66.9 Å². The van der Waals surface area contributed by atoms with E-state index >= 15 is 0 Å². The van der Waals surface area contributed by atoms with E-state index in [9.17, 15) is 24.5 Å². The molecule has 1 saturated heterocycles. The summed E-state index contributed by atoms with van der Waals surface area (Å²) in [6.45, 7) is 18.0. The van der Waals surface area contributed by atoms with Crippen molar-refractivity contribution in [2.45, 2.75) is 84.9 Å². The van der Waals surface area contributed by atoms with E-state index in [2.05, 4.69) is 33.9 Å². The van der Waals surface area contributed by atoms with Crippen LogP contribution in [0, 0.1) is 33.8 Å². The van der Waals surface area contributed by atoms with Crippen LogP contribution in [-0.4, -0.2) is 112 Å². The average Bonchev–Trinajstić information content (AvgIpc) is 3.54. The van der Waals surface area contributed by atoms with Gasteiger partial charge in [-0.2, -0.15) is 0 Å². The fourth-order valence-corrected chi connectivity index (χ4v) is 9.01. The number of rotatable bonds is 19. The number of carbonyl (C=O) groups is 3. The quantitative estimate of drug-likeness (QED) is 0.0367. The van der Waals surface area contributed by atoms with Crippen molar-refractivity contribution in [2.24, 2.45) is 23.7 Å². The number of thiocarbonyl (C=S) groups is 1. The second-order valence-electron chi connectivity index (χ2n) is 15.1. The van der Waals surface area contributed by atoms with Gasteiger partial charge in [0.15, 0.2) is 14.1 Å². The topological polar surface area (TPSA) is 156 Å². The predicted octanol–water partition coefficient (Wildman–Crippen LogP) is 6.62. The molecule has 1 aliphatic heterocycles. The lowest BCUT2D eigenvalue weighted by molar-refractivity contribution is -0.385. The summed E-state index contributed by atoms with van der Waals surface area (Å²) in [6.07, 6.45) is -0.991. The number of hydrogen-bond acceptors (Lipinski definition) is 13. The van der Waals surface area contributed by atoms with Gasteiger partial charge in [-0.3, -0.25) is 34.2 Å². The molecule has 1 heterocycles. The number of thioether (sulfide) groups is 1. The molecule has 0 N–H and O–H groups in total. The summed E-state index contributed by atoms with van der Waals surface area (Å²) in [7, 11) is 5.99. The number of ether oxygens (including phenoxy) is 4. The van der Waals surface area contributed by atoms with Gasteiger partial charge in [-0.1, -0.05) is 71.6 Å². The van der Waals surface area contributed by atoms with Crippen molar-refractivity contribution in [2.75, 3.05) is 54.9 Å². The third-order valence-electron chi connectivity index (χ3n) is 10.5. The Hall–Kier alpha value is -2.93. The van der Waals surface area contributed by atoms with Crippen LogP contribution < -0.4 is 9.47 Å². The maximum Gasteiger partial charge on any atom is 0.315 e. The summed E-state index contributed by atoms with van der Waals surface area (Å²) >= 11 is 6.85. The first-order chi connectivity index (χ1) is 25.0. The van der Waals surface area contributed by atoms with E-state index in [1.165, 1.54) is 69.4 Å². The van der Waals surface area contributed by atoms with Crippen LogP contribution in [0.5, 0.6) is 11.5 Å². The van der Waals surface area contributed by atoms with Gasteiger partial charge in [0, 0.05) is 51.0 Å². The fraction of sp³-hybridized carbons (Fsp3) is 0.676. The summed E-state index contributed by atoms with van der Waals surface area (Å²) < 4.78 is 29.9. The molecule has 17 heteroatoms. The molecule has 1 aliphatic rings. The number of Topliss-reactive ketones (excluding diaryl/α,β-unsaturated/α-hetero) is 1. The minimum absolute atomic E-state index is 0.0869. The van der Waals surface area contributed by atoms with E-state index in [-0.39, 0.29) is 33.7 Å². The van der Waals surface area contributed by atoms with Gasteiger partial charge in [0.1, 0.15) is 22.1 Å². The Balaban J connectivity index is 2.74. The molecular formula is C37H59N3O11S2Si. The maximum absolute atomic E-state index is 14.9. The first-order valence-electron chi connectivity index (χ1n) is 17.7. The summed E-state index contributed by atoms with van der Waals surface area (Å²) in [5, 5.41) is 13.1. The molecule has 2 rings (SSSR count). The van der Waals surface area contributed by atoms with Crippen molar-refractivity contribution in [1.82, 2.24) is 9.96 Å². The number of benzene rings is 1. The molecule has 1 unspecified atom stereocenters. The third kappa shape index (κ3) is 10.7. The third-order valence-corrected chi connectivity index (χ3v) is 16.4. The zero-order chi connectivity index (χ0) is 41.5. The molecule has 1 aromatic carbocycles. The van der Waals surface area contributed by atoms with E-state index in [0.717, 1.165) is 0 Å². The number of amides is 2. The van der Waals surface area contributed by atoms with Gasteiger partial charge in [0.05, 0.1) is 50.4 Å². The molecule has 1 aromatic rings. The van der Waals surface area contributed by atoms with Crippen LogP contribution in [-0.2, 0) is 33.1 Å². The molecular weight excluding hydrogens is 755 g/mol. The second-order valence-corrected chi connectivity index (χ2v) is 21.5. The number of nitrogens with zero attached hydrogens (tertiary/aromatic N) is 3. The van der Waals surface area contributed by atoms with Gasteiger partial charge in [-0.05, 0) is 36.7 Å². The Labute approximate surface area is 330 Å². The summed E-state index contributed by atoms with van der Waals surface area (Å²) in [6, 6.07) is 2.77. The predicted molar refractivity (Wildman–Crippen MR) is 215 cm³/mol. The van der Waals surface area contributed by atoms with Crippen molar-refractivity contribution in [3.63, 3.8) is 0 Å². The van der Waals surface area contributed by atoms with Crippen LogP contribution >= 0.6 is 24.0 Å². The molecule has 0 aromatic heterocycles. The minimum Gasteiger partial charge on any atom is -0.496 e. The second kappa shape index (κ2) is 19.8. The van der Waals surface area contributed by atoms with Gasteiger partial charge in [-0.25, -0.2) is 5.06 Å². The highest BCUT2D eigenvalue weighted by Gasteiger charge is 2.47. The van der Waals surface area contributed by atoms with Gasteiger partial charge < -0.3 is 23.4 Å². The Morgan fingerprint density at radius 2 is 1.65 bits per heavy atom. The highest BCUT2D eigenvalue weighted by Crippen LogP contribution is 2.45. The normalized spacial score (nSPS) is 17.9. The van der Waals surface area contributed by atoms with E-state index in [0.29, 0.717) is 22.2 Å². The van der Waals surface area contributed by atoms with E-state index in [1.54, 1.807) is 27.8 Å². The van der Waals surface area contributed by atoms with Gasteiger partial charge >= 0.3 is 5.69 Å². The Kier molecular flexibility index (Phi) is 17.3. The first kappa shape index (κ1) is 47.2. The van der Waals surface area contributed by atoms with Crippen LogP contribution in [0.2, 0.25) is 18.1 Å². The number of carbonyl (C=O) groups excluding carboxylic acids is 3. The lowest BCUT2D eigenvalue weighted by atomic mass is 9.78. The minimum atomic E-state index is -2.43. The largest absolute Gasteiger partial charge is 0.496 e. The fourth-order valence-electron chi connectivity index (χ4n) is 6.42. The zero-order valence-electron chi connectivity index (χ0n) is 34.3. The van der Waals surface area contributed by atoms with Gasteiger partial charge in [0.25, 0.3) is 5.91 Å². The molecule has 0 bridgehead atoms. The number of nitro benzene ring substituents is 1. The molecule has 0 spiro atoms. The molecule has 7 atom stereocenters. The first-order valence-corrected chi connectivity index (χ1v) is 22.0. The van der Waals surface area contributed by atoms with Crippen LogP contribution in [0.25, 0.3) is 0 Å². The molecule has 2 amide bonds. The number of nitro groups is 1. The number of methoxy groups -OCH3 is 4. The highest BCUT2D eigenvalue weighted by molar-refractivity contribution is 8.23. The van der Waals surface area contributed by atoms with Gasteiger partial charge in [0.2, 0.25) is 11.7 Å². The molecule has 304 valence electrons. The maximum atomic E-state index is 14.9. The number of hydroxylamine groups is 2. The monoisotopic (exact) mass is 813 g/mol. The Morgan fingerprint density at radius 1 is 1.04 bits per heavy atom. The lowest BCUT2D eigenvalue weighted by Gasteiger charge is -2.41. The zero-order valence-corrected chi connectivity index (χ0v) is 37.0. The molecule has 14 nitrogen and oxygen atoms in total. The smallest absolute Gasteiger partial charge is 0.315 e. The molecule has 0 saturated carbocycles. The summed E-state index contributed by atoms with van der Waals surface area (Å²) in [5.41, 5.74) is 0.574. The Bertz CT molecular complexity index is 1570. The van der Waals surface area contributed by atoms with E-state index in [4.69, 9.17) is 40.4 Å². The molecule has 0 radical (unpaired) electrons. The SMILES string of the molecule is COc1cc([C@H](OC)[C@@H](C)C(C(=O)[C@H](OC)[C@@H](C)/C=C(\C)[C@H](O[Si](C)(C)C(C)(C)C)[C@@H](C)C(=O)N(C)OC)C(=O)N2CCSC2=S)c(OC)c([N+](=O)[O-])c1. The molecule has 1 fully saturated rings. The van der Waals surface area contributed by atoms with Crippen molar-refractivity contribution >= 4 is 59.9 Å². The van der Waals surface area contributed by atoms with Crippen molar-refractivity contribution in [1.29, 1.82) is 0 Å². The average molecular weight is 814 g/mol. The van der Waals surface area contributed by atoms with Crippen molar-refractivity contribution in [3.8, 4) is 11.5 Å². The summed E-state index contributed by atoms with van der Waals surface area (Å²) in [4.78, 5) is 60.8. The highest BCUT2D eigenvalue weighted by atomic mass is 32.2. The molecule has 0 aliphatic carbocycles. The van der Waals surface area contributed by atoms with Crippen LogP contribution in [0.3, 0.4) is 0 Å². The Morgan fingerprint density at radius 3 is 2.09 bits per heavy atom. The van der Waals surface area contributed by atoms with E-state index in [1.807, 2.05) is 13.0 Å². The molecule has 54 heavy (non-hydrogen) atoms. The van der Waals surface area contributed by atoms with Crippen molar-refractivity contribution in [3.05, 3.63) is 39.5 Å². The van der Waals surface area contributed by atoms with Crippen LogP contribution in [0.1, 0.15) is 60.1 Å². The van der Waals surface area contributed by atoms with Crippen LogP contribution in [0.4, 0.5) is 5.69 Å². The van der Waals surface area contributed by atoms with Gasteiger partial charge in [-0.15, -0.1) is 0 Å². The van der Waals surface area contributed by atoms with Crippen molar-refractivity contribution < 1.29 is 47.5 Å². The summed E-state index contributed by atoms with van der Waals surface area (Å²) in [5.74, 6) is -4.21. The number of ketones is 1. The van der Waals surface area contributed by atoms with Crippen LogP contribution in [0.15, 0.2) is 23.8 Å². The number of hydrogen-bond donors (Lipinski definition) is 0.